The number of hydrogen-bond acceptors (Lipinski definition) is 3. The first-order valence-electron chi connectivity index (χ1n) is 6.78. The van der Waals surface area contributed by atoms with E-state index in [0.29, 0.717) is 13.0 Å². The molecule has 0 aromatic heterocycles. The number of hydrogen-bond donors (Lipinski definition) is 1. The van der Waals surface area contributed by atoms with Gasteiger partial charge < -0.3 is 14.7 Å². The lowest BCUT2D eigenvalue weighted by atomic mass is 10.1. The standard InChI is InChI=1S/C15H19NO4/c1-11(15(18)19)16(10-12-6-3-2-4-7-12)14(17)13-8-5-9-20-13/h2-4,6-7,11,13H,5,8-10H2,1H3,(H,18,19). The van der Waals surface area contributed by atoms with E-state index < -0.39 is 18.1 Å². The SMILES string of the molecule is CC(C(=O)O)N(Cc1ccccc1)C(=O)C1CCCO1. The van der Waals surface area contributed by atoms with Crippen molar-refractivity contribution in [3.05, 3.63) is 35.9 Å². The number of carbonyl (C=O) groups is 2. The molecule has 108 valence electrons. The van der Waals surface area contributed by atoms with Crippen molar-refractivity contribution < 1.29 is 19.4 Å². The van der Waals surface area contributed by atoms with Crippen LogP contribution in [0.2, 0.25) is 0 Å². The molecule has 1 aliphatic heterocycles. The summed E-state index contributed by atoms with van der Waals surface area (Å²) >= 11 is 0. The number of carbonyl (C=O) groups excluding carboxylic acids is 1. The Morgan fingerprint density at radius 2 is 2.10 bits per heavy atom. The van der Waals surface area contributed by atoms with Gasteiger partial charge >= 0.3 is 5.97 Å². The average Bonchev–Trinajstić information content (AvgIpc) is 2.98. The molecule has 0 saturated carbocycles. The third-order valence-corrected chi connectivity index (χ3v) is 3.51. The number of ether oxygens (including phenoxy) is 1. The van der Waals surface area contributed by atoms with E-state index >= 15 is 0 Å². The molecule has 5 heteroatoms. The number of aliphatic carboxylic acids is 1. The Labute approximate surface area is 118 Å². The summed E-state index contributed by atoms with van der Waals surface area (Å²) in [6, 6.07) is 8.52. The van der Waals surface area contributed by atoms with Crippen molar-refractivity contribution >= 4 is 11.9 Å². The maximum Gasteiger partial charge on any atom is 0.326 e. The zero-order valence-corrected chi connectivity index (χ0v) is 11.5. The molecule has 0 spiro atoms. The zero-order valence-electron chi connectivity index (χ0n) is 11.5. The van der Waals surface area contributed by atoms with E-state index in [-0.39, 0.29) is 12.5 Å². The highest BCUT2D eigenvalue weighted by Gasteiger charge is 2.33. The summed E-state index contributed by atoms with van der Waals surface area (Å²) in [5.74, 6) is -1.24. The van der Waals surface area contributed by atoms with Crippen molar-refractivity contribution in [1.29, 1.82) is 0 Å². The zero-order chi connectivity index (χ0) is 14.5. The highest BCUT2D eigenvalue weighted by molar-refractivity contribution is 5.86. The molecule has 0 aliphatic carbocycles. The maximum absolute atomic E-state index is 12.4. The summed E-state index contributed by atoms with van der Waals surface area (Å²) in [6.45, 7) is 2.38. The van der Waals surface area contributed by atoms with E-state index in [9.17, 15) is 14.7 Å². The molecule has 1 saturated heterocycles. The Hall–Kier alpha value is -1.88. The molecular weight excluding hydrogens is 258 g/mol. The molecule has 1 fully saturated rings. The minimum absolute atomic E-state index is 0.235. The third-order valence-electron chi connectivity index (χ3n) is 3.51. The van der Waals surface area contributed by atoms with Gasteiger partial charge in [-0.05, 0) is 25.3 Å². The van der Waals surface area contributed by atoms with Crippen molar-refractivity contribution in [2.24, 2.45) is 0 Å². The normalized spacial score (nSPS) is 19.6. The maximum atomic E-state index is 12.4. The minimum atomic E-state index is -1.01. The monoisotopic (exact) mass is 277 g/mol. The number of benzene rings is 1. The molecule has 0 radical (unpaired) electrons. The molecule has 1 heterocycles. The van der Waals surface area contributed by atoms with E-state index in [4.69, 9.17) is 4.74 Å². The van der Waals surface area contributed by atoms with Crippen molar-refractivity contribution in [1.82, 2.24) is 4.90 Å². The van der Waals surface area contributed by atoms with Crippen LogP contribution in [0.25, 0.3) is 0 Å². The second-order valence-electron chi connectivity index (χ2n) is 4.97. The first kappa shape index (κ1) is 14.5. The average molecular weight is 277 g/mol. The van der Waals surface area contributed by atoms with Crippen molar-refractivity contribution in [3.8, 4) is 0 Å². The van der Waals surface area contributed by atoms with Crippen LogP contribution in [0, 0.1) is 0 Å². The van der Waals surface area contributed by atoms with Gasteiger partial charge in [0, 0.05) is 13.2 Å². The van der Waals surface area contributed by atoms with Gasteiger partial charge in [0.25, 0.3) is 5.91 Å². The lowest BCUT2D eigenvalue weighted by Gasteiger charge is -2.28. The second kappa shape index (κ2) is 6.52. The summed E-state index contributed by atoms with van der Waals surface area (Å²) in [5, 5.41) is 9.19. The summed E-state index contributed by atoms with van der Waals surface area (Å²) in [5.41, 5.74) is 0.909. The number of amides is 1. The molecule has 2 atom stereocenters. The fourth-order valence-electron chi connectivity index (χ4n) is 2.28. The fraction of sp³-hybridized carbons (Fsp3) is 0.467. The molecule has 1 N–H and O–H groups in total. The number of nitrogens with zero attached hydrogens (tertiary/aromatic N) is 1. The van der Waals surface area contributed by atoms with E-state index in [1.165, 1.54) is 11.8 Å². The third kappa shape index (κ3) is 3.36. The molecule has 0 bridgehead atoms. The lowest BCUT2D eigenvalue weighted by Crippen LogP contribution is -2.47. The van der Waals surface area contributed by atoms with E-state index in [0.717, 1.165) is 12.0 Å². The van der Waals surface area contributed by atoms with Crippen LogP contribution in [0.3, 0.4) is 0 Å². The quantitative estimate of drug-likeness (QED) is 0.889. The van der Waals surface area contributed by atoms with Gasteiger partial charge in [-0.25, -0.2) is 4.79 Å². The van der Waals surface area contributed by atoms with E-state index in [1.54, 1.807) is 0 Å². The number of carboxylic acids is 1. The molecular formula is C15H19NO4. The summed E-state index contributed by atoms with van der Waals surface area (Å²) < 4.78 is 5.38. The first-order valence-corrected chi connectivity index (χ1v) is 6.78. The van der Waals surface area contributed by atoms with Crippen LogP contribution in [-0.4, -0.2) is 40.6 Å². The Kier molecular flexibility index (Phi) is 4.74. The van der Waals surface area contributed by atoms with Crippen LogP contribution >= 0.6 is 0 Å². The van der Waals surface area contributed by atoms with Gasteiger partial charge in [0.2, 0.25) is 0 Å². The summed E-state index contributed by atoms with van der Waals surface area (Å²) in [7, 11) is 0. The summed E-state index contributed by atoms with van der Waals surface area (Å²) in [6.07, 6.45) is 1.01. The minimum Gasteiger partial charge on any atom is -0.480 e. The molecule has 1 aromatic carbocycles. The van der Waals surface area contributed by atoms with Crippen LogP contribution in [0.1, 0.15) is 25.3 Å². The molecule has 2 rings (SSSR count). The number of rotatable bonds is 5. The molecule has 2 unspecified atom stereocenters. The Balaban J connectivity index is 2.15. The fourth-order valence-corrected chi connectivity index (χ4v) is 2.28. The summed E-state index contributed by atoms with van der Waals surface area (Å²) in [4.78, 5) is 25.0. The van der Waals surface area contributed by atoms with Gasteiger partial charge in [0.15, 0.2) is 0 Å². The number of carboxylic acid groups (broad SMARTS) is 1. The van der Waals surface area contributed by atoms with Crippen LogP contribution in [0.15, 0.2) is 30.3 Å². The molecule has 1 aliphatic rings. The van der Waals surface area contributed by atoms with Gasteiger partial charge in [-0.15, -0.1) is 0 Å². The molecule has 1 aromatic rings. The molecule has 5 nitrogen and oxygen atoms in total. The highest BCUT2D eigenvalue weighted by Crippen LogP contribution is 2.18. The largest absolute Gasteiger partial charge is 0.480 e. The van der Waals surface area contributed by atoms with Gasteiger partial charge in [-0.2, -0.15) is 0 Å². The smallest absolute Gasteiger partial charge is 0.326 e. The Morgan fingerprint density at radius 3 is 2.65 bits per heavy atom. The van der Waals surface area contributed by atoms with Crippen LogP contribution in [0.4, 0.5) is 0 Å². The molecule has 20 heavy (non-hydrogen) atoms. The van der Waals surface area contributed by atoms with Gasteiger partial charge in [0.05, 0.1) is 0 Å². The Bertz CT molecular complexity index is 468. The molecule has 1 amide bonds. The predicted molar refractivity (Wildman–Crippen MR) is 73.1 cm³/mol. The predicted octanol–water partition coefficient (Wildman–Crippen LogP) is 1.67. The van der Waals surface area contributed by atoms with Crippen LogP contribution in [0.5, 0.6) is 0 Å². The van der Waals surface area contributed by atoms with Crippen LogP contribution in [-0.2, 0) is 20.9 Å². The van der Waals surface area contributed by atoms with E-state index in [1.807, 2.05) is 30.3 Å². The topological polar surface area (TPSA) is 66.8 Å². The van der Waals surface area contributed by atoms with Crippen molar-refractivity contribution in [2.75, 3.05) is 6.61 Å². The van der Waals surface area contributed by atoms with E-state index in [2.05, 4.69) is 0 Å². The second-order valence-corrected chi connectivity index (χ2v) is 4.97. The highest BCUT2D eigenvalue weighted by atomic mass is 16.5. The van der Waals surface area contributed by atoms with Gasteiger partial charge in [0.1, 0.15) is 12.1 Å². The van der Waals surface area contributed by atoms with Crippen molar-refractivity contribution in [2.45, 2.75) is 38.5 Å². The van der Waals surface area contributed by atoms with Gasteiger partial charge in [-0.3, -0.25) is 4.79 Å². The van der Waals surface area contributed by atoms with Gasteiger partial charge in [-0.1, -0.05) is 30.3 Å². The van der Waals surface area contributed by atoms with Crippen molar-refractivity contribution in [3.63, 3.8) is 0 Å². The first-order chi connectivity index (χ1) is 9.59. The lowest BCUT2D eigenvalue weighted by molar-refractivity contribution is -0.154. The van der Waals surface area contributed by atoms with Crippen LogP contribution < -0.4 is 0 Å². The Morgan fingerprint density at radius 1 is 1.40 bits per heavy atom.